The van der Waals surface area contributed by atoms with E-state index in [0.717, 1.165) is 92.8 Å². The van der Waals surface area contributed by atoms with E-state index in [1.807, 2.05) is 146 Å². The number of rotatable bonds is 10. The van der Waals surface area contributed by atoms with Gasteiger partial charge in [-0.15, -0.1) is 11.3 Å². The number of pyridine rings is 4. The summed E-state index contributed by atoms with van der Waals surface area (Å²) in [5.41, 5.74) is 10.7. The molecule has 5 heterocycles. The Hall–Kier alpha value is -9.87. The third kappa shape index (κ3) is 11.1. The Labute approximate surface area is 493 Å². The second-order valence-electron chi connectivity index (χ2n) is 20.3. The maximum absolute atomic E-state index is 14.6. The Morgan fingerprint density at radius 2 is 0.738 bits per heavy atom. The molecule has 0 bridgehead atoms. The standard InChI is InChI=1S/C38H24N4.C24H16O2P2S.C13H12/c1-2-8-30-29(7-1)33-21-25(27-13-17-37(41-23-27)35-9-3-5-19-39-35)11-15-31(33)32-16-12-26(22-34(30)32)28-14-18-38(42-24-28)36-10-4-6-20-40-36;25-27-17-11-13-23-21(15-17)22-16-20(12-14-24(22)29-23)28(26,18-7-3-1-4-8-18)19-9-5-2-6-10-19;1-3-7-12(8-4-1)11-13-9-5-2-6-10-13/h1-24H;1-16H;1-10H,11H2. The normalized spacial score (nSPS) is 11.3. The molecule has 0 amide bonds. The van der Waals surface area contributed by atoms with Crippen LogP contribution in [0.1, 0.15) is 11.1 Å². The van der Waals surface area contributed by atoms with Crippen molar-refractivity contribution in [2.75, 3.05) is 0 Å². The highest BCUT2D eigenvalue weighted by atomic mass is 32.1. The summed E-state index contributed by atoms with van der Waals surface area (Å²) >= 11 is 1.70. The molecule has 0 unspecified atom stereocenters. The third-order valence-corrected chi connectivity index (χ3v) is 19.8. The second kappa shape index (κ2) is 24.3. The molecule has 0 atom stereocenters. The monoisotopic (exact) mass is 1130 g/mol. The van der Waals surface area contributed by atoms with Gasteiger partial charge >= 0.3 is 0 Å². The summed E-state index contributed by atoms with van der Waals surface area (Å²) < 4.78 is 28.2. The first-order chi connectivity index (χ1) is 41.5. The van der Waals surface area contributed by atoms with Crippen LogP contribution in [0.5, 0.6) is 0 Å². The fraction of sp³-hybridized carbons (Fsp3) is 0.0133. The number of thiophene rings is 1. The summed E-state index contributed by atoms with van der Waals surface area (Å²) in [5.74, 6) is 0. The minimum absolute atomic E-state index is 0.00857. The van der Waals surface area contributed by atoms with E-state index < -0.39 is 7.14 Å². The summed E-state index contributed by atoms with van der Waals surface area (Å²) in [6.45, 7) is 0. The first-order valence-electron chi connectivity index (χ1n) is 27.7. The van der Waals surface area contributed by atoms with E-state index >= 15 is 0 Å². The van der Waals surface area contributed by atoms with Gasteiger partial charge in [0, 0.05) is 77.3 Å². The molecule has 15 aromatic rings. The van der Waals surface area contributed by atoms with E-state index in [1.54, 1.807) is 23.7 Å². The fourth-order valence-electron chi connectivity index (χ4n) is 10.9. The van der Waals surface area contributed by atoms with Gasteiger partial charge in [-0.05, 0) is 146 Å². The molecule has 0 spiro atoms. The quantitative estimate of drug-likeness (QED) is 0.100. The summed E-state index contributed by atoms with van der Waals surface area (Å²) in [6.07, 6.45) is 8.50. The summed E-state index contributed by atoms with van der Waals surface area (Å²) in [4.78, 5) is 18.3. The van der Waals surface area contributed by atoms with Crippen LogP contribution in [0.4, 0.5) is 0 Å². The first-order valence-corrected chi connectivity index (χ1v) is 31.0. The molecule has 0 aliphatic carbocycles. The highest BCUT2D eigenvalue weighted by Crippen LogP contribution is 2.45. The number of benzene rings is 10. The van der Waals surface area contributed by atoms with Crippen molar-refractivity contribution in [3.8, 4) is 45.0 Å². The molecule has 15 rings (SSSR count). The van der Waals surface area contributed by atoms with Crippen LogP contribution < -0.4 is 21.2 Å². The molecule has 0 aliphatic rings. The van der Waals surface area contributed by atoms with Crippen LogP contribution in [0.2, 0.25) is 0 Å². The van der Waals surface area contributed by atoms with E-state index in [0.29, 0.717) is 0 Å². The lowest BCUT2D eigenvalue weighted by Crippen LogP contribution is -2.24. The van der Waals surface area contributed by atoms with Crippen molar-refractivity contribution in [1.82, 2.24) is 19.9 Å². The van der Waals surface area contributed by atoms with Gasteiger partial charge in [-0.3, -0.25) is 24.5 Å². The highest BCUT2D eigenvalue weighted by molar-refractivity contribution is 7.85. The average Bonchev–Trinajstić information content (AvgIpc) is 3.43. The molecular formula is C75H52N4O2P2S. The van der Waals surface area contributed by atoms with Crippen molar-refractivity contribution in [1.29, 1.82) is 0 Å². The number of hydrogen-bond acceptors (Lipinski definition) is 7. The van der Waals surface area contributed by atoms with Gasteiger partial charge < -0.3 is 4.57 Å². The zero-order valence-corrected chi connectivity index (χ0v) is 48.1. The molecule has 0 aliphatic heterocycles. The molecule has 6 nitrogen and oxygen atoms in total. The SMILES string of the molecule is O=Pc1ccc2sc3ccc(P(=O)(c4ccccc4)c4ccccc4)cc3c2c1.c1ccc(-c2ccc(-c3ccc4c5ccc(-c6ccc(-c7ccccn7)nc6)cc5c5ccccc5c4c3)cn2)nc1.c1ccc(Cc2ccccc2)cc1. The zero-order valence-electron chi connectivity index (χ0n) is 45.5. The van der Waals surface area contributed by atoms with E-state index in [-0.39, 0.29) is 8.46 Å². The largest absolute Gasteiger partial charge is 0.309 e. The molecule has 10 aromatic carbocycles. The van der Waals surface area contributed by atoms with Gasteiger partial charge in [0.05, 0.1) is 22.8 Å². The summed E-state index contributed by atoms with van der Waals surface area (Å²) in [7, 11) is -3.00. The summed E-state index contributed by atoms with van der Waals surface area (Å²) in [6, 6.07) is 94.7. The van der Waals surface area contributed by atoms with Crippen molar-refractivity contribution < 1.29 is 9.13 Å². The Balaban J connectivity index is 0.000000135. The molecule has 9 heteroatoms. The van der Waals surface area contributed by atoms with Crippen LogP contribution in [-0.2, 0) is 15.6 Å². The first kappa shape index (κ1) is 53.4. The lowest BCUT2D eigenvalue weighted by molar-refractivity contribution is 0.592. The Morgan fingerprint density at radius 1 is 0.321 bits per heavy atom. The number of fused-ring (bicyclic) bond motifs is 9. The van der Waals surface area contributed by atoms with E-state index in [9.17, 15) is 9.13 Å². The Bertz CT molecular complexity index is 4560. The number of aromatic nitrogens is 4. The third-order valence-electron chi connectivity index (χ3n) is 15.1. The molecular weight excluding hydrogens is 1080 g/mol. The minimum Gasteiger partial charge on any atom is -0.309 e. The van der Waals surface area contributed by atoms with Gasteiger partial charge in [0.25, 0.3) is 0 Å². The van der Waals surface area contributed by atoms with Crippen molar-refractivity contribution in [3.63, 3.8) is 0 Å². The van der Waals surface area contributed by atoms with E-state index in [4.69, 9.17) is 9.97 Å². The van der Waals surface area contributed by atoms with Gasteiger partial charge in [0.2, 0.25) is 0 Å². The highest BCUT2D eigenvalue weighted by Gasteiger charge is 2.30. The molecule has 0 N–H and O–H groups in total. The molecule has 0 radical (unpaired) electrons. The van der Waals surface area contributed by atoms with Gasteiger partial charge in [-0.25, -0.2) is 0 Å². The Morgan fingerprint density at radius 3 is 1.19 bits per heavy atom. The molecule has 5 aromatic heterocycles. The predicted octanol–water partition coefficient (Wildman–Crippen LogP) is 18.3. The van der Waals surface area contributed by atoms with Crippen LogP contribution in [-0.4, -0.2) is 19.9 Å². The van der Waals surface area contributed by atoms with Crippen molar-refractivity contribution in [2.45, 2.75) is 6.42 Å². The molecule has 84 heavy (non-hydrogen) atoms. The second-order valence-corrected chi connectivity index (χ2v) is 24.9. The lowest BCUT2D eigenvalue weighted by Gasteiger charge is -2.20. The molecule has 0 saturated heterocycles. The fourth-order valence-corrected chi connectivity index (χ4v) is 15.0. The molecule has 400 valence electrons. The zero-order chi connectivity index (χ0) is 56.7. The van der Waals surface area contributed by atoms with Crippen LogP contribution >= 0.6 is 26.9 Å². The van der Waals surface area contributed by atoms with Crippen molar-refractivity contribution in [3.05, 3.63) is 315 Å². The van der Waals surface area contributed by atoms with Gasteiger partial charge in [0.15, 0.2) is 15.6 Å². The van der Waals surface area contributed by atoms with E-state index in [2.05, 4.69) is 156 Å². The van der Waals surface area contributed by atoms with Gasteiger partial charge in [-0.2, -0.15) is 0 Å². The van der Waals surface area contributed by atoms with Crippen molar-refractivity contribution in [2.24, 2.45) is 0 Å². The van der Waals surface area contributed by atoms with Crippen LogP contribution in [0, 0.1) is 0 Å². The maximum Gasteiger partial charge on any atom is 0.192 e. The van der Waals surface area contributed by atoms with Gasteiger partial charge in [-0.1, -0.05) is 194 Å². The minimum atomic E-state index is -3.01. The average molecular weight is 1140 g/mol. The molecule has 0 saturated carbocycles. The maximum atomic E-state index is 14.6. The number of nitrogens with zero attached hydrogens (tertiary/aromatic N) is 4. The van der Waals surface area contributed by atoms with E-state index in [1.165, 1.54) is 43.4 Å². The Kier molecular flexibility index (Phi) is 15.5. The van der Waals surface area contributed by atoms with Crippen molar-refractivity contribution >= 4 is 101 Å². The van der Waals surface area contributed by atoms with Crippen LogP contribution in [0.3, 0.4) is 0 Å². The molecule has 0 fully saturated rings. The number of hydrogen-bond donors (Lipinski definition) is 0. The van der Waals surface area contributed by atoms with Crippen LogP contribution in [0.15, 0.2) is 304 Å². The van der Waals surface area contributed by atoms with Gasteiger partial charge in [0.1, 0.15) is 0 Å². The lowest BCUT2D eigenvalue weighted by atomic mass is 9.90. The smallest absolute Gasteiger partial charge is 0.192 e. The van der Waals surface area contributed by atoms with Crippen LogP contribution in [0.25, 0.3) is 97.5 Å². The predicted molar refractivity (Wildman–Crippen MR) is 354 cm³/mol. The topological polar surface area (TPSA) is 85.7 Å². The summed E-state index contributed by atoms with van der Waals surface area (Å²) in [5, 5.41) is 12.7.